The number of thioether (sulfide) groups is 1. The van der Waals surface area contributed by atoms with E-state index in [1.54, 1.807) is 11.8 Å². The van der Waals surface area contributed by atoms with E-state index in [2.05, 4.69) is 29.4 Å². The number of benzene rings is 1. The number of nitrogens with zero attached hydrogens (tertiary/aromatic N) is 1. The third kappa shape index (κ3) is 2.01. The number of anilines is 1. The topological polar surface area (TPSA) is 3.24 Å². The summed E-state index contributed by atoms with van der Waals surface area (Å²) in [7, 11) is 0. The Morgan fingerprint density at radius 1 is 1.29 bits per heavy atom. The van der Waals surface area contributed by atoms with Gasteiger partial charge in [0.25, 0.3) is 0 Å². The Kier molecular flexibility index (Phi) is 3.24. The molecule has 0 N–H and O–H groups in total. The van der Waals surface area contributed by atoms with Crippen LogP contribution in [0.1, 0.15) is 12.8 Å². The molecule has 0 amide bonds. The van der Waals surface area contributed by atoms with Crippen LogP contribution in [0.5, 0.6) is 0 Å². The Morgan fingerprint density at radius 2 is 2.00 bits per heavy atom. The molecule has 1 nitrogen and oxygen atoms in total. The highest BCUT2D eigenvalue weighted by atomic mass is 35.5. The molecule has 1 aliphatic heterocycles. The van der Waals surface area contributed by atoms with Gasteiger partial charge in [0, 0.05) is 23.7 Å². The largest absolute Gasteiger partial charge is 0.371 e. The summed E-state index contributed by atoms with van der Waals surface area (Å²) in [6.45, 7) is 2.35. The molecular formula is C11H14ClNS. The summed E-state index contributed by atoms with van der Waals surface area (Å²) in [6, 6.07) is 6.36. The number of hydrogen-bond donors (Lipinski definition) is 0. The van der Waals surface area contributed by atoms with Crippen molar-refractivity contribution >= 4 is 29.1 Å². The summed E-state index contributed by atoms with van der Waals surface area (Å²) in [4.78, 5) is 3.56. The van der Waals surface area contributed by atoms with Crippen molar-refractivity contribution in [2.75, 3.05) is 24.2 Å². The molecule has 0 aliphatic carbocycles. The zero-order valence-electron chi connectivity index (χ0n) is 8.29. The van der Waals surface area contributed by atoms with Crippen LogP contribution < -0.4 is 4.90 Å². The Morgan fingerprint density at radius 3 is 2.57 bits per heavy atom. The number of halogens is 1. The van der Waals surface area contributed by atoms with Crippen molar-refractivity contribution in [2.45, 2.75) is 17.7 Å². The molecule has 1 heterocycles. The van der Waals surface area contributed by atoms with Gasteiger partial charge in [-0.15, -0.1) is 11.8 Å². The maximum absolute atomic E-state index is 6.16. The summed E-state index contributed by atoms with van der Waals surface area (Å²) >= 11 is 7.86. The first-order chi connectivity index (χ1) is 6.81. The average Bonchev–Trinajstić information content (AvgIpc) is 2.70. The summed E-state index contributed by atoms with van der Waals surface area (Å²) in [5, 5.41) is 0.877. The van der Waals surface area contributed by atoms with Gasteiger partial charge in [-0.1, -0.05) is 11.6 Å². The minimum Gasteiger partial charge on any atom is -0.371 e. The fraction of sp³-hybridized carbons (Fsp3) is 0.455. The zero-order valence-corrected chi connectivity index (χ0v) is 9.87. The Balaban J connectivity index is 2.23. The van der Waals surface area contributed by atoms with Crippen LogP contribution in [0.3, 0.4) is 0 Å². The molecule has 0 spiro atoms. The van der Waals surface area contributed by atoms with Gasteiger partial charge in [-0.2, -0.15) is 0 Å². The minimum atomic E-state index is 0.877. The second-order valence-electron chi connectivity index (χ2n) is 3.51. The SMILES string of the molecule is CSc1ccc(N2CCCC2)cc1Cl. The highest BCUT2D eigenvalue weighted by Gasteiger charge is 2.13. The molecule has 0 radical (unpaired) electrons. The molecule has 0 atom stereocenters. The molecule has 1 aliphatic rings. The van der Waals surface area contributed by atoms with Crippen molar-refractivity contribution in [1.29, 1.82) is 0 Å². The second kappa shape index (κ2) is 4.45. The minimum absolute atomic E-state index is 0.877. The number of hydrogen-bond acceptors (Lipinski definition) is 2. The van der Waals surface area contributed by atoms with Gasteiger partial charge in [0.15, 0.2) is 0 Å². The lowest BCUT2D eigenvalue weighted by Crippen LogP contribution is -2.17. The van der Waals surface area contributed by atoms with Crippen LogP contribution in [0.4, 0.5) is 5.69 Å². The molecule has 0 bridgehead atoms. The third-order valence-corrected chi connectivity index (χ3v) is 3.83. The van der Waals surface area contributed by atoms with E-state index in [0.717, 1.165) is 9.92 Å². The van der Waals surface area contributed by atoms with E-state index in [4.69, 9.17) is 11.6 Å². The molecule has 1 aromatic rings. The summed E-state index contributed by atoms with van der Waals surface area (Å²) in [5.74, 6) is 0. The van der Waals surface area contributed by atoms with Crippen LogP contribution in [-0.2, 0) is 0 Å². The number of rotatable bonds is 2. The van der Waals surface area contributed by atoms with Crippen molar-refractivity contribution in [2.24, 2.45) is 0 Å². The molecule has 1 aromatic carbocycles. The second-order valence-corrected chi connectivity index (χ2v) is 4.77. The van der Waals surface area contributed by atoms with Crippen molar-refractivity contribution in [3.8, 4) is 0 Å². The maximum Gasteiger partial charge on any atom is 0.0562 e. The van der Waals surface area contributed by atoms with E-state index < -0.39 is 0 Å². The zero-order chi connectivity index (χ0) is 9.97. The predicted molar refractivity (Wildman–Crippen MR) is 64.7 cm³/mol. The van der Waals surface area contributed by atoms with E-state index in [1.807, 2.05) is 0 Å². The van der Waals surface area contributed by atoms with Crippen molar-refractivity contribution in [1.82, 2.24) is 0 Å². The molecule has 76 valence electrons. The first kappa shape index (κ1) is 10.2. The summed E-state index contributed by atoms with van der Waals surface area (Å²) in [5.41, 5.74) is 1.27. The van der Waals surface area contributed by atoms with Gasteiger partial charge >= 0.3 is 0 Å². The lowest BCUT2D eigenvalue weighted by Gasteiger charge is -2.18. The Bertz CT molecular complexity index is 321. The molecule has 1 fully saturated rings. The van der Waals surface area contributed by atoms with Gasteiger partial charge in [-0.3, -0.25) is 0 Å². The maximum atomic E-state index is 6.16. The summed E-state index contributed by atoms with van der Waals surface area (Å²) in [6.07, 6.45) is 4.67. The lowest BCUT2D eigenvalue weighted by molar-refractivity contribution is 0.949. The van der Waals surface area contributed by atoms with Crippen molar-refractivity contribution in [3.05, 3.63) is 23.2 Å². The van der Waals surface area contributed by atoms with E-state index in [1.165, 1.54) is 31.6 Å². The monoisotopic (exact) mass is 227 g/mol. The van der Waals surface area contributed by atoms with Crippen molar-refractivity contribution < 1.29 is 0 Å². The third-order valence-electron chi connectivity index (χ3n) is 2.61. The standard InChI is InChI=1S/C11H14ClNS/c1-14-11-5-4-9(8-10(11)12)13-6-2-3-7-13/h4-5,8H,2-3,6-7H2,1H3. The average molecular weight is 228 g/mol. The Labute approximate surface area is 94.4 Å². The predicted octanol–water partition coefficient (Wildman–Crippen LogP) is 3.66. The molecule has 14 heavy (non-hydrogen) atoms. The molecule has 2 rings (SSSR count). The van der Waals surface area contributed by atoms with Gasteiger partial charge in [-0.25, -0.2) is 0 Å². The van der Waals surface area contributed by atoms with Gasteiger partial charge in [0.05, 0.1) is 5.02 Å². The molecule has 0 aromatic heterocycles. The molecule has 1 saturated heterocycles. The first-order valence-corrected chi connectivity index (χ1v) is 6.50. The van der Waals surface area contributed by atoms with Crippen molar-refractivity contribution in [3.63, 3.8) is 0 Å². The smallest absolute Gasteiger partial charge is 0.0562 e. The summed E-state index contributed by atoms with van der Waals surface area (Å²) < 4.78 is 0. The highest BCUT2D eigenvalue weighted by molar-refractivity contribution is 7.98. The van der Waals surface area contributed by atoms with Crippen LogP contribution in [0.2, 0.25) is 5.02 Å². The molecule has 3 heteroatoms. The van der Waals surface area contributed by atoms with Crippen LogP contribution in [-0.4, -0.2) is 19.3 Å². The van der Waals surface area contributed by atoms with E-state index in [-0.39, 0.29) is 0 Å². The van der Waals surface area contributed by atoms with Gasteiger partial charge in [0.2, 0.25) is 0 Å². The van der Waals surface area contributed by atoms with Gasteiger partial charge < -0.3 is 4.90 Å². The highest BCUT2D eigenvalue weighted by Crippen LogP contribution is 2.30. The van der Waals surface area contributed by atoms with Crippen LogP contribution in [0, 0.1) is 0 Å². The molecule has 0 saturated carbocycles. The normalized spacial score (nSPS) is 16.3. The molecular weight excluding hydrogens is 214 g/mol. The van der Waals surface area contributed by atoms with Gasteiger partial charge in [0.1, 0.15) is 0 Å². The van der Waals surface area contributed by atoms with Crippen LogP contribution in [0.25, 0.3) is 0 Å². The first-order valence-electron chi connectivity index (χ1n) is 4.90. The lowest BCUT2D eigenvalue weighted by atomic mass is 10.3. The van der Waals surface area contributed by atoms with Crippen LogP contribution >= 0.6 is 23.4 Å². The fourth-order valence-corrected chi connectivity index (χ4v) is 2.69. The molecule has 0 unspecified atom stereocenters. The van der Waals surface area contributed by atoms with Crippen LogP contribution in [0.15, 0.2) is 23.1 Å². The fourth-order valence-electron chi connectivity index (χ4n) is 1.83. The van der Waals surface area contributed by atoms with E-state index in [0.29, 0.717) is 0 Å². The quantitative estimate of drug-likeness (QED) is 0.710. The van der Waals surface area contributed by atoms with Gasteiger partial charge in [-0.05, 0) is 37.3 Å². The van der Waals surface area contributed by atoms with E-state index >= 15 is 0 Å². The Hall–Kier alpha value is -0.340. The van der Waals surface area contributed by atoms with E-state index in [9.17, 15) is 0 Å².